The SMILES string of the molecule is CCOc1ccc2c(c1)sc(=NC(=O)c1ccc(S(=O)(=O)N(C)C)cc1)n2C. The molecule has 1 heterocycles. The van der Waals surface area contributed by atoms with Gasteiger partial charge in [0.1, 0.15) is 5.75 Å². The number of amides is 1. The fourth-order valence-electron chi connectivity index (χ4n) is 2.61. The van der Waals surface area contributed by atoms with Crippen molar-refractivity contribution in [1.82, 2.24) is 8.87 Å². The van der Waals surface area contributed by atoms with Gasteiger partial charge < -0.3 is 9.30 Å². The monoisotopic (exact) mass is 419 g/mol. The lowest BCUT2D eigenvalue weighted by Gasteiger charge is -2.11. The number of thiazole rings is 1. The highest BCUT2D eigenvalue weighted by molar-refractivity contribution is 7.89. The molecule has 0 bridgehead atoms. The number of rotatable bonds is 5. The predicted molar refractivity (Wildman–Crippen MR) is 109 cm³/mol. The molecule has 0 radical (unpaired) electrons. The van der Waals surface area contributed by atoms with Crippen LogP contribution in [0.15, 0.2) is 52.4 Å². The van der Waals surface area contributed by atoms with Crippen LogP contribution in [0.25, 0.3) is 10.2 Å². The molecule has 148 valence electrons. The highest BCUT2D eigenvalue weighted by Crippen LogP contribution is 2.23. The highest BCUT2D eigenvalue weighted by atomic mass is 32.2. The minimum atomic E-state index is -3.53. The standard InChI is InChI=1S/C19H21N3O4S2/c1-5-26-14-8-11-16-17(12-14)27-19(22(16)4)20-18(23)13-6-9-15(10-7-13)28(24,25)21(2)3/h6-12H,5H2,1-4H3. The zero-order valence-electron chi connectivity index (χ0n) is 16.0. The number of ether oxygens (including phenoxy) is 1. The van der Waals surface area contributed by atoms with Gasteiger partial charge in [0, 0.05) is 26.7 Å². The van der Waals surface area contributed by atoms with Crippen LogP contribution in [-0.4, -0.2) is 43.9 Å². The molecule has 0 saturated heterocycles. The zero-order valence-corrected chi connectivity index (χ0v) is 17.7. The lowest BCUT2D eigenvalue weighted by molar-refractivity contribution is 0.0998. The Kier molecular flexibility index (Phi) is 5.69. The predicted octanol–water partition coefficient (Wildman–Crippen LogP) is 2.63. The first kappa shape index (κ1) is 20.2. The normalized spacial score (nSPS) is 12.7. The van der Waals surface area contributed by atoms with Gasteiger partial charge in [-0.05, 0) is 49.4 Å². The van der Waals surface area contributed by atoms with Crippen LogP contribution in [0.5, 0.6) is 5.75 Å². The second-order valence-corrected chi connectivity index (χ2v) is 9.40. The van der Waals surface area contributed by atoms with E-state index >= 15 is 0 Å². The van der Waals surface area contributed by atoms with Crippen LogP contribution in [0.2, 0.25) is 0 Å². The van der Waals surface area contributed by atoms with Crippen molar-refractivity contribution in [3.63, 3.8) is 0 Å². The van der Waals surface area contributed by atoms with Crippen LogP contribution in [-0.2, 0) is 17.1 Å². The van der Waals surface area contributed by atoms with Crippen molar-refractivity contribution in [2.75, 3.05) is 20.7 Å². The van der Waals surface area contributed by atoms with Crippen molar-refractivity contribution in [3.8, 4) is 5.75 Å². The molecule has 3 rings (SSSR count). The molecule has 0 aliphatic heterocycles. The van der Waals surface area contributed by atoms with Crippen molar-refractivity contribution in [3.05, 3.63) is 52.8 Å². The summed E-state index contributed by atoms with van der Waals surface area (Å²) in [4.78, 5) is 17.4. The second kappa shape index (κ2) is 7.86. The fraction of sp³-hybridized carbons (Fsp3) is 0.263. The number of nitrogens with zero attached hydrogens (tertiary/aromatic N) is 3. The van der Waals surface area contributed by atoms with Gasteiger partial charge in [0.2, 0.25) is 10.0 Å². The van der Waals surface area contributed by atoms with Gasteiger partial charge >= 0.3 is 0 Å². The van der Waals surface area contributed by atoms with Crippen molar-refractivity contribution in [2.45, 2.75) is 11.8 Å². The molecule has 0 fully saturated rings. The molecule has 0 saturated carbocycles. The van der Waals surface area contributed by atoms with E-state index in [4.69, 9.17) is 4.74 Å². The summed E-state index contributed by atoms with van der Waals surface area (Å²) in [7, 11) is 1.23. The summed E-state index contributed by atoms with van der Waals surface area (Å²) in [6, 6.07) is 11.5. The van der Waals surface area contributed by atoms with Crippen molar-refractivity contribution in [1.29, 1.82) is 0 Å². The molecule has 0 spiro atoms. The Morgan fingerprint density at radius 1 is 1.18 bits per heavy atom. The minimum absolute atomic E-state index is 0.130. The van der Waals surface area contributed by atoms with Gasteiger partial charge in [-0.25, -0.2) is 12.7 Å². The molecule has 0 aliphatic carbocycles. The summed E-state index contributed by atoms with van der Waals surface area (Å²) in [5.74, 6) is 0.341. The first-order valence-corrected chi connectivity index (χ1v) is 10.8. The van der Waals surface area contributed by atoms with Crippen molar-refractivity contribution < 1.29 is 17.9 Å². The molecule has 28 heavy (non-hydrogen) atoms. The van der Waals surface area contributed by atoms with E-state index in [0.717, 1.165) is 20.3 Å². The van der Waals surface area contributed by atoms with Gasteiger partial charge in [-0.3, -0.25) is 4.79 Å². The highest BCUT2D eigenvalue weighted by Gasteiger charge is 2.17. The Morgan fingerprint density at radius 3 is 2.46 bits per heavy atom. The first-order chi connectivity index (χ1) is 13.2. The van der Waals surface area contributed by atoms with E-state index in [1.807, 2.05) is 36.7 Å². The molecule has 0 unspecified atom stereocenters. The van der Waals surface area contributed by atoms with Gasteiger partial charge in [-0.15, -0.1) is 0 Å². The smallest absolute Gasteiger partial charge is 0.279 e. The number of sulfonamides is 1. The lowest BCUT2D eigenvalue weighted by atomic mass is 10.2. The summed E-state index contributed by atoms with van der Waals surface area (Å²) in [5, 5.41) is 0. The van der Waals surface area contributed by atoms with E-state index < -0.39 is 15.9 Å². The maximum absolute atomic E-state index is 12.5. The average molecular weight is 420 g/mol. The van der Waals surface area contributed by atoms with Crippen LogP contribution in [0.4, 0.5) is 0 Å². The third kappa shape index (κ3) is 3.87. The Morgan fingerprint density at radius 2 is 1.86 bits per heavy atom. The molecule has 0 aliphatic rings. The van der Waals surface area contributed by atoms with Crippen LogP contribution >= 0.6 is 11.3 Å². The number of aromatic nitrogens is 1. The molecule has 1 amide bonds. The minimum Gasteiger partial charge on any atom is -0.494 e. The second-order valence-electron chi connectivity index (χ2n) is 6.23. The zero-order chi connectivity index (χ0) is 20.5. The molecule has 2 aromatic carbocycles. The van der Waals surface area contributed by atoms with E-state index in [-0.39, 0.29) is 4.90 Å². The van der Waals surface area contributed by atoms with E-state index in [2.05, 4.69) is 4.99 Å². The number of carbonyl (C=O) groups is 1. The lowest BCUT2D eigenvalue weighted by Crippen LogP contribution is -2.22. The summed E-state index contributed by atoms with van der Waals surface area (Å²) in [6.45, 7) is 2.51. The van der Waals surface area contributed by atoms with Gasteiger partial charge in [0.25, 0.3) is 5.91 Å². The van der Waals surface area contributed by atoms with Crippen LogP contribution in [0, 0.1) is 0 Å². The number of benzene rings is 2. The third-order valence-electron chi connectivity index (χ3n) is 4.17. The molecular formula is C19H21N3O4S2. The first-order valence-electron chi connectivity index (χ1n) is 8.58. The van der Waals surface area contributed by atoms with E-state index in [9.17, 15) is 13.2 Å². The van der Waals surface area contributed by atoms with Crippen LogP contribution < -0.4 is 9.54 Å². The quantitative estimate of drug-likeness (QED) is 0.637. The molecule has 7 nitrogen and oxygen atoms in total. The molecule has 3 aromatic rings. The Balaban J connectivity index is 1.95. The van der Waals surface area contributed by atoms with Crippen LogP contribution in [0.3, 0.4) is 0 Å². The maximum Gasteiger partial charge on any atom is 0.279 e. The van der Waals surface area contributed by atoms with E-state index in [0.29, 0.717) is 17.0 Å². The van der Waals surface area contributed by atoms with Gasteiger partial charge in [0.05, 0.1) is 21.7 Å². The van der Waals surface area contributed by atoms with Gasteiger partial charge in [-0.2, -0.15) is 4.99 Å². The summed E-state index contributed by atoms with van der Waals surface area (Å²) in [6.07, 6.45) is 0. The summed E-state index contributed by atoms with van der Waals surface area (Å²) < 4.78 is 33.7. The Bertz CT molecular complexity index is 1190. The largest absolute Gasteiger partial charge is 0.494 e. The molecule has 0 N–H and O–H groups in total. The van der Waals surface area contributed by atoms with Crippen molar-refractivity contribution in [2.24, 2.45) is 12.0 Å². The number of hydrogen-bond acceptors (Lipinski definition) is 5. The fourth-order valence-corrected chi connectivity index (χ4v) is 4.56. The van der Waals surface area contributed by atoms with Gasteiger partial charge in [-0.1, -0.05) is 11.3 Å². The van der Waals surface area contributed by atoms with Crippen molar-refractivity contribution >= 4 is 37.5 Å². The average Bonchev–Trinajstić information content (AvgIpc) is 2.97. The number of aryl methyl sites for hydroxylation is 1. The molecule has 9 heteroatoms. The number of fused-ring (bicyclic) bond motifs is 1. The van der Waals surface area contributed by atoms with Gasteiger partial charge in [0.15, 0.2) is 4.80 Å². The molecular weight excluding hydrogens is 398 g/mol. The van der Waals surface area contributed by atoms with E-state index in [1.54, 1.807) is 0 Å². The summed E-state index contributed by atoms with van der Waals surface area (Å²) >= 11 is 1.39. The molecule has 0 atom stereocenters. The Hall–Kier alpha value is -2.49. The summed E-state index contributed by atoms with van der Waals surface area (Å²) in [5.41, 5.74) is 1.28. The van der Waals surface area contributed by atoms with E-state index in [1.165, 1.54) is 49.7 Å². The van der Waals surface area contributed by atoms with Crippen LogP contribution in [0.1, 0.15) is 17.3 Å². The number of hydrogen-bond donors (Lipinski definition) is 0. The third-order valence-corrected chi connectivity index (χ3v) is 7.09. The maximum atomic E-state index is 12.5. The number of carbonyl (C=O) groups excluding carboxylic acids is 1. The topological polar surface area (TPSA) is 81.0 Å². The molecule has 1 aromatic heterocycles. The Labute approximate surface area is 167 Å².